The van der Waals surface area contributed by atoms with Gasteiger partial charge in [0.25, 0.3) is 0 Å². The molecule has 1 aromatic heterocycles. The van der Waals surface area contributed by atoms with E-state index in [1.165, 1.54) is 28.8 Å². The number of benzene rings is 1. The van der Waals surface area contributed by atoms with E-state index in [9.17, 15) is 0 Å². The Morgan fingerprint density at radius 1 is 1.42 bits per heavy atom. The van der Waals surface area contributed by atoms with Crippen LogP contribution in [0.2, 0.25) is 0 Å². The summed E-state index contributed by atoms with van der Waals surface area (Å²) in [4.78, 5) is 5.57. The standard InChI is InChI=1S/C16H20N2S/c1-12-3-2-4-13(7-12)14(9-18-15-5-6-15)8-16-10-17-11-19-16/h2-4,7,10-11,14-15,18H,5-6,8-9H2,1H3. The molecular formula is C16H20N2S. The SMILES string of the molecule is Cc1cccc(C(CNC2CC2)Cc2cncs2)c1. The van der Waals surface area contributed by atoms with E-state index in [2.05, 4.69) is 41.5 Å². The van der Waals surface area contributed by atoms with Gasteiger partial charge in [0.05, 0.1) is 5.51 Å². The average Bonchev–Trinajstić information content (AvgIpc) is 3.10. The lowest BCUT2D eigenvalue weighted by molar-refractivity contribution is 0.579. The van der Waals surface area contributed by atoms with Crippen LogP contribution in [0.25, 0.3) is 0 Å². The van der Waals surface area contributed by atoms with Gasteiger partial charge in [-0.3, -0.25) is 4.98 Å². The summed E-state index contributed by atoms with van der Waals surface area (Å²) in [5.74, 6) is 0.556. The number of aryl methyl sites for hydroxylation is 1. The van der Waals surface area contributed by atoms with Crippen molar-refractivity contribution in [2.24, 2.45) is 0 Å². The van der Waals surface area contributed by atoms with Crippen molar-refractivity contribution in [3.63, 3.8) is 0 Å². The van der Waals surface area contributed by atoms with Gasteiger partial charge in [-0.2, -0.15) is 0 Å². The molecule has 19 heavy (non-hydrogen) atoms. The fourth-order valence-electron chi connectivity index (χ4n) is 2.41. The van der Waals surface area contributed by atoms with Gasteiger partial charge >= 0.3 is 0 Å². The minimum Gasteiger partial charge on any atom is -0.313 e. The molecule has 1 saturated carbocycles. The van der Waals surface area contributed by atoms with Gasteiger partial charge in [-0.15, -0.1) is 11.3 Å². The maximum atomic E-state index is 4.19. The Bertz CT molecular complexity index is 517. The summed E-state index contributed by atoms with van der Waals surface area (Å²) >= 11 is 1.76. The normalized spacial score (nSPS) is 16.5. The van der Waals surface area contributed by atoms with Crippen LogP contribution >= 0.6 is 11.3 Å². The molecule has 100 valence electrons. The fourth-order valence-corrected chi connectivity index (χ4v) is 3.09. The molecule has 1 heterocycles. The number of hydrogen-bond acceptors (Lipinski definition) is 3. The second kappa shape index (κ2) is 5.85. The third kappa shape index (κ3) is 3.64. The van der Waals surface area contributed by atoms with Crippen LogP contribution in [0.1, 0.15) is 34.8 Å². The van der Waals surface area contributed by atoms with Crippen molar-refractivity contribution in [3.8, 4) is 0 Å². The zero-order chi connectivity index (χ0) is 13.1. The first kappa shape index (κ1) is 12.8. The van der Waals surface area contributed by atoms with E-state index in [1.54, 1.807) is 11.3 Å². The predicted octanol–water partition coefficient (Wildman–Crippen LogP) is 3.53. The van der Waals surface area contributed by atoms with Gasteiger partial charge in [0.1, 0.15) is 0 Å². The predicted molar refractivity (Wildman–Crippen MR) is 80.8 cm³/mol. The van der Waals surface area contributed by atoms with E-state index < -0.39 is 0 Å². The van der Waals surface area contributed by atoms with Crippen LogP contribution in [0.3, 0.4) is 0 Å². The van der Waals surface area contributed by atoms with Gasteiger partial charge in [-0.1, -0.05) is 29.8 Å². The Kier molecular flexibility index (Phi) is 3.95. The lowest BCUT2D eigenvalue weighted by atomic mass is 9.94. The van der Waals surface area contributed by atoms with E-state index in [4.69, 9.17) is 0 Å². The molecule has 1 aliphatic rings. The summed E-state index contributed by atoms with van der Waals surface area (Å²) in [6.07, 6.45) is 5.79. The highest BCUT2D eigenvalue weighted by Crippen LogP contribution is 2.25. The molecule has 0 radical (unpaired) electrons. The number of nitrogens with zero attached hydrogens (tertiary/aromatic N) is 1. The summed E-state index contributed by atoms with van der Waals surface area (Å²) in [5.41, 5.74) is 4.72. The molecule has 0 aliphatic heterocycles. The van der Waals surface area contributed by atoms with E-state index in [1.807, 2.05) is 11.7 Å². The van der Waals surface area contributed by atoms with E-state index in [-0.39, 0.29) is 0 Å². The molecule has 1 unspecified atom stereocenters. The zero-order valence-electron chi connectivity index (χ0n) is 11.3. The third-order valence-corrected chi connectivity index (χ3v) is 4.48. The molecule has 0 bridgehead atoms. The topological polar surface area (TPSA) is 24.9 Å². The molecule has 1 aliphatic carbocycles. The summed E-state index contributed by atoms with van der Waals surface area (Å²) in [6, 6.07) is 9.69. The molecule has 3 rings (SSSR count). The Hall–Kier alpha value is -1.19. The lowest BCUT2D eigenvalue weighted by Crippen LogP contribution is -2.24. The molecule has 1 fully saturated rings. The molecular weight excluding hydrogens is 252 g/mol. The summed E-state index contributed by atoms with van der Waals surface area (Å²) < 4.78 is 0. The fraction of sp³-hybridized carbons (Fsp3) is 0.438. The van der Waals surface area contributed by atoms with Crippen molar-refractivity contribution in [1.29, 1.82) is 0 Å². The average molecular weight is 272 g/mol. The lowest BCUT2D eigenvalue weighted by Gasteiger charge is -2.18. The monoisotopic (exact) mass is 272 g/mol. The van der Waals surface area contributed by atoms with Crippen molar-refractivity contribution in [2.45, 2.75) is 38.1 Å². The molecule has 1 atom stereocenters. The molecule has 2 aromatic rings. The van der Waals surface area contributed by atoms with E-state index >= 15 is 0 Å². The van der Waals surface area contributed by atoms with Gasteiger partial charge in [0, 0.05) is 29.6 Å². The molecule has 3 heteroatoms. The van der Waals surface area contributed by atoms with Crippen LogP contribution in [0.5, 0.6) is 0 Å². The molecule has 0 amide bonds. The van der Waals surface area contributed by atoms with Crippen LogP contribution in [0.4, 0.5) is 0 Å². The second-order valence-electron chi connectivity index (χ2n) is 5.47. The largest absolute Gasteiger partial charge is 0.313 e. The number of hydrogen-bond donors (Lipinski definition) is 1. The first-order chi connectivity index (χ1) is 9.31. The highest BCUT2D eigenvalue weighted by atomic mass is 32.1. The van der Waals surface area contributed by atoms with Crippen molar-refractivity contribution in [2.75, 3.05) is 6.54 Å². The van der Waals surface area contributed by atoms with Crippen LogP contribution < -0.4 is 5.32 Å². The Labute approximate surface area is 118 Å². The van der Waals surface area contributed by atoms with Gasteiger partial charge in [-0.25, -0.2) is 0 Å². The van der Waals surface area contributed by atoms with E-state index in [0.717, 1.165) is 19.0 Å². The van der Waals surface area contributed by atoms with Crippen LogP contribution in [-0.2, 0) is 6.42 Å². The van der Waals surface area contributed by atoms with Gasteiger partial charge in [0.2, 0.25) is 0 Å². The number of rotatable bonds is 6. The molecule has 1 N–H and O–H groups in total. The Morgan fingerprint density at radius 2 is 2.32 bits per heavy atom. The first-order valence-electron chi connectivity index (χ1n) is 6.98. The Balaban J connectivity index is 1.73. The Morgan fingerprint density at radius 3 is 3.00 bits per heavy atom. The maximum Gasteiger partial charge on any atom is 0.0794 e. The van der Waals surface area contributed by atoms with Crippen LogP contribution in [0.15, 0.2) is 36.0 Å². The molecule has 1 aromatic carbocycles. The van der Waals surface area contributed by atoms with Gasteiger partial charge in [0.15, 0.2) is 0 Å². The first-order valence-corrected chi connectivity index (χ1v) is 7.86. The smallest absolute Gasteiger partial charge is 0.0794 e. The van der Waals surface area contributed by atoms with E-state index in [0.29, 0.717) is 5.92 Å². The van der Waals surface area contributed by atoms with Crippen LogP contribution in [-0.4, -0.2) is 17.6 Å². The maximum absolute atomic E-state index is 4.19. The summed E-state index contributed by atoms with van der Waals surface area (Å²) in [5, 5.41) is 3.67. The molecule has 2 nitrogen and oxygen atoms in total. The second-order valence-corrected chi connectivity index (χ2v) is 6.44. The van der Waals surface area contributed by atoms with Crippen molar-refractivity contribution < 1.29 is 0 Å². The number of aromatic nitrogens is 1. The van der Waals surface area contributed by atoms with Crippen LogP contribution in [0, 0.1) is 6.92 Å². The van der Waals surface area contributed by atoms with Crippen molar-refractivity contribution in [1.82, 2.24) is 10.3 Å². The van der Waals surface area contributed by atoms with Crippen molar-refractivity contribution in [3.05, 3.63) is 52.0 Å². The summed E-state index contributed by atoms with van der Waals surface area (Å²) in [6.45, 7) is 3.24. The highest BCUT2D eigenvalue weighted by molar-refractivity contribution is 7.09. The van der Waals surface area contributed by atoms with Crippen molar-refractivity contribution >= 4 is 11.3 Å². The van der Waals surface area contributed by atoms with Gasteiger partial charge in [-0.05, 0) is 31.7 Å². The molecule has 0 saturated heterocycles. The van der Waals surface area contributed by atoms with Gasteiger partial charge < -0.3 is 5.32 Å². The molecule has 0 spiro atoms. The minimum absolute atomic E-state index is 0.556. The summed E-state index contributed by atoms with van der Waals surface area (Å²) in [7, 11) is 0. The minimum atomic E-state index is 0.556. The highest BCUT2D eigenvalue weighted by Gasteiger charge is 2.22. The zero-order valence-corrected chi connectivity index (χ0v) is 12.1. The number of nitrogens with one attached hydrogen (secondary N) is 1. The third-order valence-electron chi connectivity index (χ3n) is 3.67. The number of thiazole rings is 1. The quantitative estimate of drug-likeness (QED) is 0.870.